The predicted molar refractivity (Wildman–Crippen MR) is 134 cm³/mol. The summed E-state index contributed by atoms with van der Waals surface area (Å²) in [5.41, 5.74) is 1.70. The van der Waals surface area contributed by atoms with E-state index in [2.05, 4.69) is 59.3 Å². The third kappa shape index (κ3) is 5.23. The fraction of sp³-hybridized carbons (Fsp3) is 0.556. The van der Waals surface area contributed by atoms with E-state index in [1.807, 2.05) is 4.90 Å². The second-order valence-electron chi connectivity index (χ2n) is 10.1. The van der Waals surface area contributed by atoms with Crippen LogP contribution in [-0.4, -0.2) is 89.5 Å². The maximum absolute atomic E-state index is 13.5. The highest BCUT2D eigenvalue weighted by Gasteiger charge is 2.54. The molecule has 8 nitrogen and oxygen atoms in total. The van der Waals surface area contributed by atoms with Crippen LogP contribution in [-0.2, 0) is 21.5 Å². The van der Waals surface area contributed by atoms with E-state index in [0.717, 1.165) is 32.1 Å². The van der Waals surface area contributed by atoms with Crippen molar-refractivity contribution in [2.24, 2.45) is 0 Å². The molecule has 0 unspecified atom stereocenters. The fourth-order valence-corrected chi connectivity index (χ4v) is 5.90. The number of ether oxygens (including phenoxy) is 1. The lowest BCUT2D eigenvalue weighted by Gasteiger charge is -2.51. The molecule has 1 saturated heterocycles. The number of ketones is 1. The van der Waals surface area contributed by atoms with Gasteiger partial charge in [0.25, 0.3) is 0 Å². The van der Waals surface area contributed by atoms with Gasteiger partial charge in [0.1, 0.15) is 6.33 Å². The van der Waals surface area contributed by atoms with E-state index in [4.69, 9.17) is 4.74 Å². The third-order valence-electron chi connectivity index (χ3n) is 7.85. The molecule has 1 saturated carbocycles. The number of hydrogen-bond acceptors (Lipinski definition) is 6. The Morgan fingerprint density at radius 3 is 2.49 bits per heavy atom. The van der Waals surface area contributed by atoms with Crippen LogP contribution in [0.4, 0.5) is 4.79 Å². The van der Waals surface area contributed by atoms with Crippen molar-refractivity contribution in [2.75, 3.05) is 47.4 Å². The number of methoxy groups -OCH3 is 1. The number of nitrogens with zero attached hydrogens (tertiary/aromatic N) is 5. The van der Waals surface area contributed by atoms with E-state index in [1.54, 1.807) is 24.3 Å². The highest BCUT2D eigenvalue weighted by molar-refractivity contribution is 5.88. The molecule has 2 aromatic rings. The average molecular weight is 480 g/mol. The van der Waals surface area contributed by atoms with Crippen LogP contribution in [0.2, 0.25) is 0 Å². The summed E-state index contributed by atoms with van der Waals surface area (Å²) in [5, 5.41) is 0. The number of urea groups is 1. The van der Waals surface area contributed by atoms with Crippen LogP contribution in [0.1, 0.15) is 43.4 Å². The van der Waals surface area contributed by atoms with Crippen molar-refractivity contribution in [3.8, 4) is 0 Å². The molecule has 2 aliphatic rings. The summed E-state index contributed by atoms with van der Waals surface area (Å²) >= 11 is 0. The summed E-state index contributed by atoms with van der Waals surface area (Å²) in [4.78, 5) is 40.6. The molecule has 1 aromatic carbocycles. The molecule has 0 N–H and O–H groups in total. The monoisotopic (exact) mass is 479 g/mol. The number of hydrogen-bond donors (Lipinski definition) is 0. The van der Waals surface area contributed by atoms with Crippen LogP contribution in [0.3, 0.4) is 0 Å². The van der Waals surface area contributed by atoms with Gasteiger partial charge in [0.15, 0.2) is 5.78 Å². The van der Waals surface area contributed by atoms with Gasteiger partial charge in [-0.1, -0.05) is 30.3 Å². The minimum absolute atomic E-state index is 0.00586. The molecule has 0 bridgehead atoms. The van der Waals surface area contributed by atoms with Crippen molar-refractivity contribution in [3.63, 3.8) is 0 Å². The van der Waals surface area contributed by atoms with E-state index >= 15 is 0 Å². The van der Waals surface area contributed by atoms with Gasteiger partial charge in [-0.05, 0) is 57.8 Å². The zero-order chi connectivity index (χ0) is 24.9. The van der Waals surface area contributed by atoms with Crippen LogP contribution < -0.4 is 0 Å². The lowest BCUT2D eigenvalue weighted by atomic mass is 9.68. The van der Waals surface area contributed by atoms with E-state index < -0.39 is 0 Å². The van der Waals surface area contributed by atoms with Crippen LogP contribution in [0.25, 0.3) is 0 Å². The lowest BCUT2D eigenvalue weighted by Crippen LogP contribution is -2.55. The van der Waals surface area contributed by atoms with E-state index in [0.29, 0.717) is 25.4 Å². The summed E-state index contributed by atoms with van der Waals surface area (Å²) in [5.74, 6) is -0.00586. The van der Waals surface area contributed by atoms with Crippen molar-refractivity contribution >= 4 is 11.8 Å². The fourth-order valence-electron chi connectivity index (χ4n) is 5.90. The first kappa shape index (κ1) is 25.3. The maximum Gasteiger partial charge on any atom is 0.321 e. The van der Waals surface area contributed by atoms with Crippen LogP contribution >= 0.6 is 0 Å². The van der Waals surface area contributed by atoms with Gasteiger partial charge in [-0.15, -0.1) is 0 Å². The Hall–Kier alpha value is -2.84. The van der Waals surface area contributed by atoms with Crippen molar-refractivity contribution in [3.05, 3.63) is 60.2 Å². The van der Waals surface area contributed by atoms with Crippen molar-refractivity contribution in [1.82, 2.24) is 24.7 Å². The number of carbonyl (C=O) groups is 2. The van der Waals surface area contributed by atoms with Gasteiger partial charge in [-0.3, -0.25) is 9.69 Å². The van der Waals surface area contributed by atoms with Crippen LogP contribution in [0.5, 0.6) is 0 Å². The Bertz CT molecular complexity index is 990. The van der Waals surface area contributed by atoms with Gasteiger partial charge in [0, 0.05) is 38.5 Å². The normalized spacial score (nSPS) is 24.5. The second kappa shape index (κ2) is 10.8. The topological polar surface area (TPSA) is 78.9 Å². The Morgan fingerprint density at radius 2 is 1.86 bits per heavy atom. The van der Waals surface area contributed by atoms with Crippen molar-refractivity contribution in [1.29, 1.82) is 0 Å². The summed E-state index contributed by atoms with van der Waals surface area (Å²) in [6.07, 6.45) is 7.79. The lowest BCUT2D eigenvalue weighted by molar-refractivity contribution is -0.119. The Balaban J connectivity index is 1.52. The number of carbonyl (C=O) groups excluding carboxylic acids is 2. The molecule has 1 aliphatic carbocycles. The quantitative estimate of drug-likeness (QED) is 0.487. The molecule has 2 amide bonds. The molecule has 4 rings (SSSR count). The number of aromatic nitrogens is 2. The van der Waals surface area contributed by atoms with Gasteiger partial charge in [0.05, 0.1) is 24.2 Å². The summed E-state index contributed by atoms with van der Waals surface area (Å²) in [7, 11) is 5.99. The molecule has 8 heteroatoms. The second-order valence-corrected chi connectivity index (χ2v) is 10.1. The molecule has 2 fully saturated rings. The summed E-state index contributed by atoms with van der Waals surface area (Å²) in [6, 6.07) is 12.4. The van der Waals surface area contributed by atoms with Crippen LogP contribution in [0, 0.1) is 0 Å². The number of amides is 2. The van der Waals surface area contributed by atoms with Crippen LogP contribution in [0.15, 0.2) is 48.9 Å². The van der Waals surface area contributed by atoms with Crippen molar-refractivity contribution in [2.45, 2.75) is 49.6 Å². The minimum atomic E-state index is -0.256. The Labute approximate surface area is 208 Å². The molecular formula is C27H37N5O3. The molecule has 2 heterocycles. The van der Waals surface area contributed by atoms with E-state index in [9.17, 15) is 9.59 Å². The first-order valence-electron chi connectivity index (χ1n) is 12.5. The summed E-state index contributed by atoms with van der Waals surface area (Å²) in [6.45, 7) is 1.96. The summed E-state index contributed by atoms with van der Waals surface area (Å²) < 4.78 is 5.27. The molecule has 188 valence electrons. The molecule has 1 aliphatic heterocycles. The largest absolute Gasteiger partial charge is 0.385 e. The Morgan fingerprint density at radius 1 is 1.11 bits per heavy atom. The predicted octanol–water partition coefficient (Wildman–Crippen LogP) is 3.13. The first-order chi connectivity index (χ1) is 16.9. The average Bonchev–Trinajstić information content (AvgIpc) is 3.11. The van der Waals surface area contributed by atoms with Gasteiger partial charge in [0.2, 0.25) is 0 Å². The standard InChI is InChI=1S/C27H37N5O3/c1-30(2)27(22-8-5-4-6-9-22)13-11-26(12-14-27)20-31(25(34)32(26)16-7-17-35-3)19-24(33)18-23-10-15-28-21-29-23/h4-6,8-10,15,21H,7,11-14,16-20H2,1-3H3. The number of benzene rings is 1. The zero-order valence-corrected chi connectivity index (χ0v) is 21.2. The Kier molecular flexibility index (Phi) is 7.82. The van der Waals surface area contributed by atoms with Gasteiger partial charge in [-0.2, -0.15) is 0 Å². The molecule has 0 radical (unpaired) electrons. The van der Waals surface area contributed by atoms with Gasteiger partial charge < -0.3 is 14.5 Å². The zero-order valence-electron chi connectivity index (χ0n) is 21.2. The number of Topliss-reactive ketones (excluding diaryl/α,β-unsaturated/α-hetero) is 1. The highest BCUT2D eigenvalue weighted by atomic mass is 16.5. The first-order valence-corrected chi connectivity index (χ1v) is 12.5. The molecular weight excluding hydrogens is 442 g/mol. The smallest absolute Gasteiger partial charge is 0.321 e. The molecule has 0 atom stereocenters. The maximum atomic E-state index is 13.5. The third-order valence-corrected chi connectivity index (χ3v) is 7.85. The number of rotatable bonds is 10. The highest BCUT2D eigenvalue weighted by Crippen LogP contribution is 2.48. The van der Waals surface area contributed by atoms with E-state index in [-0.39, 0.29) is 35.9 Å². The van der Waals surface area contributed by atoms with Gasteiger partial charge >= 0.3 is 6.03 Å². The van der Waals surface area contributed by atoms with Crippen molar-refractivity contribution < 1.29 is 14.3 Å². The van der Waals surface area contributed by atoms with E-state index in [1.165, 1.54) is 11.9 Å². The molecule has 1 aromatic heterocycles. The minimum Gasteiger partial charge on any atom is -0.385 e. The van der Waals surface area contributed by atoms with Gasteiger partial charge in [-0.25, -0.2) is 14.8 Å². The molecule has 35 heavy (non-hydrogen) atoms. The molecule has 1 spiro atoms. The SMILES string of the molecule is COCCCN1C(=O)N(CC(=O)Cc2ccncn2)CC12CCC(c1ccccc1)(N(C)C)CC2.